The molecule has 0 bridgehead atoms. The summed E-state index contributed by atoms with van der Waals surface area (Å²) >= 11 is 0. The lowest BCUT2D eigenvalue weighted by molar-refractivity contribution is 0.285. The van der Waals surface area contributed by atoms with Crippen LogP contribution in [0.1, 0.15) is 125 Å². The van der Waals surface area contributed by atoms with E-state index < -0.39 is 0 Å². The lowest BCUT2D eigenvalue weighted by Crippen LogP contribution is -2.50. The number of nitrogens with zero attached hydrogens (tertiary/aromatic N) is 1. The zero-order valence-electron chi connectivity index (χ0n) is 46.3. The zero-order valence-corrected chi connectivity index (χ0v) is 46.3. The summed E-state index contributed by atoms with van der Waals surface area (Å²) in [7, 11) is 0. The normalized spacial score (nSPS) is 17.7. The molecular weight excluding hydrogens is 885 g/mol. The van der Waals surface area contributed by atoms with Gasteiger partial charge in [-0.15, -0.1) is 6.58 Å². The summed E-state index contributed by atoms with van der Waals surface area (Å²) < 4.78 is 0. The third-order valence-corrected chi connectivity index (χ3v) is 14.2. The van der Waals surface area contributed by atoms with Crippen LogP contribution in [0.3, 0.4) is 0 Å². The average molecular weight is 986 g/mol. The molecule has 1 aromatic carbocycles. The summed E-state index contributed by atoms with van der Waals surface area (Å²) in [4.78, 5) is 2.43. The van der Waals surface area contributed by atoms with Gasteiger partial charge in [0.05, 0.1) is 36.3 Å². The highest BCUT2D eigenvalue weighted by Gasteiger charge is 2.34. The van der Waals surface area contributed by atoms with E-state index >= 15 is 0 Å². The molecule has 72 heavy (non-hydrogen) atoms. The van der Waals surface area contributed by atoms with Crippen molar-refractivity contribution in [2.75, 3.05) is 13.1 Å². The quantitative estimate of drug-likeness (QED) is 0.0296. The van der Waals surface area contributed by atoms with Gasteiger partial charge in [0.2, 0.25) is 0 Å². The molecule has 9 unspecified atom stereocenters. The summed E-state index contributed by atoms with van der Waals surface area (Å²) in [6.45, 7) is 63.7. The van der Waals surface area contributed by atoms with Gasteiger partial charge in [-0.3, -0.25) is 0 Å². The SMILES string of the molecule is C=C(C)CC(NCC(CC)NC(=C)C(N)CC1=CCCC=C1)C(=C)NC(CCC(=C)N)C(=C)NC(C(=C)N1CCCC1C(=C)NC(Cc1ccccc1)C(=C)NC(CC)C(=C)NC(C(=C)C)C(C)C)C(C)C. The van der Waals surface area contributed by atoms with Crippen LogP contribution in [0.4, 0.5) is 0 Å². The van der Waals surface area contributed by atoms with Gasteiger partial charge in [0.15, 0.2) is 0 Å². The summed E-state index contributed by atoms with van der Waals surface area (Å²) in [5.41, 5.74) is 24.4. The Balaban J connectivity index is 1.78. The monoisotopic (exact) mass is 985 g/mol. The van der Waals surface area contributed by atoms with Crippen LogP contribution in [0.15, 0.2) is 177 Å². The first-order valence-electron chi connectivity index (χ1n) is 26.8. The number of nitrogens with two attached hydrogens (primary N) is 2. The van der Waals surface area contributed by atoms with E-state index in [2.05, 4.69) is 199 Å². The fourth-order valence-corrected chi connectivity index (χ4v) is 9.74. The van der Waals surface area contributed by atoms with Gasteiger partial charge in [0, 0.05) is 76.8 Å². The zero-order chi connectivity index (χ0) is 53.7. The minimum atomic E-state index is -0.194. The highest BCUT2D eigenvalue weighted by Crippen LogP contribution is 2.30. The Hall–Kier alpha value is -5.58. The molecule has 2 aliphatic rings. The van der Waals surface area contributed by atoms with E-state index in [1.54, 1.807) is 0 Å². The predicted octanol–water partition coefficient (Wildman–Crippen LogP) is 10.9. The van der Waals surface area contributed by atoms with Crippen LogP contribution in [0.5, 0.6) is 0 Å². The minimum absolute atomic E-state index is 0.0228. The van der Waals surface area contributed by atoms with Crippen molar-refractivity contribution in [2.45, 2.75) is 180 Å². The highest BCUT2D eigenvalue weighted by molar-refractivity contribution is 5.28. The molecule has 9 atom stereocenters. The maximum Gasteiger partial charge on any atom is 0.0691 e. The van der Waals surface area contributed by atoms with E-state index in [1.807, 2.05) is 0 Å². The summed E-state index contributed by atoms with van der Waals surface area (Å²) in [6, 6.07) is 10.1. The molecule has 10 nitrogen and oxygen atoms in total. The molecule has 0 aromatic heterocycles. The van der Waals surface area contributed by atoms with Crippen LogP contribution in [-0.4, -0.2) is 72.4 Å². The third kappa shape index (κ3) is 19.8. The van der Waals surface area contributed by atoms with Crippen molar-refractivity contribution >= 4 is 0 Å². The Morgan fingerprint density at radius 2 is 1.31 bits per heavy atom. The van der Waals surface area contributed by atoms with E-state index in [1.165, 1.54) is 11.1 Å². The largest absolute Gasteiger partial charge is 0.403 e. The van der Waals surface area contributed by atoms with Crippen molar-refractivity contribution in [3.05, 3.63) is 182 Å². The van der Waals surface area contributed by atoms with E-state index in [-0.39, 0.29) is 60.3 Å². The number of rotatable bonds is 37. The first-order valence-corrected chi connectivity index (χ1v) is 26.8. The van der Waals surface area contributed by atoms with E-state index in [4.69, 9.17) is 24.6 Å². The molecule has 0 saturated carbocycles. The number of hydrogen-bond acceptors (Lipinski definition) is 10. The highest BCUT2D eigenvalue weighted by atomic mass is 15.2. The van der Waals surface area contributed by atoms with Crippen molar-refractivity contribution in [2.24, 2.45) is 23.3 Å². The van der Waals surface area contributed by atoms with Gasteiger partial charge in [-0.2, -0.15) is 0 Å². The Morgan fingerprint density at radius 1 is 0.694 bits per heavy atom. The van der Waals surface area contributed by atoms with Gasteiger partial charge in [-0.25, -0.2) is 0 Å². The van der Waals surface area contributed by atoms with Crippen molar-refractivity contribution in [1.82, 2.24) is 42.1 Å². The lowest BCUT2D eigenvalue weighted by Gasteiger charge is -2.39. The van der Waals surface area contributed by atoms with Crippen LogP contribution >= 0.6 is 0 Å². The smallest absolute Gasteiger partial charge is 0.0691 e. The molecule has 1 aliphatic carbocycles. The molecule has 398 valence electrons. The minimum Gasteiger partial charge on any atom is -0.403 e. The van der Waals surface area contributed by atoms with Crippen LogP contribution in [0.25, 0.3) is 0 Å². The lowest BCUT2D eigenvalue weighted by atomic mass is 9.96. The van der Waals surface area contributed by atoms with Crippen LogP contribution in [-0.2, 0) is 6.42 Å². The fraction of sp³-hybridized carbons (Fsp3) is 0.516. The molecule has 1 saturated heterocycles. The van der Waals surface area contributed by atoms with Crippen molar-refractivity contribution in [3.63, 3.8) is 0 Å². The van der Waals surface area contributed by atoms with E-state index in [0.717, 1.165) is 109 Å². The molecule has 1 aromatic rings. The van der Waals surface area contributed by atoms with Gasteiger partial charge in [-0.05, 0) is 102 Å². The first-order chi connectivity index (χ1) is 34.1. The molecule has 0 radical (unpaired) electrons. The maximum absolute atomic E-state index is 6.63. The number of allylic oxidation sites excluding steroid dienone is 4. The fourth-order valence-electron chi connectivity index (χ4n) is 9.74. The van der Waals surface area contributed by atoms with Crippen molar-refractivity contribution in [1.29, 1.82) is 0 Å². The summed E-state index contributed by atoms with van der Waals surface area (Å²) in [5.74, 6) is 0.575. The molecule has 0 amide bonds. The van der Waals surface area contributed by atoms with Crippen LogP contribution in [0, 0.1) is 11.8 Å². The molecule has 0 spiro atoms. The van der Waals surface area contributed by atoms with E-state index in [9.17, 15) is 0 Å². The van der Waals surface area contributed by atoms with Crippen molar-refractivity contribution < 1.29 is 0 Å². The summed E-state index contributed by atoms with van der Waals surface area (Å²) in [6.07, 6.45) is 16.1. The van der Waals surface area contributed by atoms with Gasteiger partial charge in [0.1, 0.15) is 0 Å². The Kier molecular flexibility index (Phi) is 25.7. The van der Waals surface area contributed by atoms with Gasteiger partial charge < -0.3 is 53.6 Å². The van der Waals surface area contributed by atoms with Crippen molar-refractivity contribution in [3.8, 4) is 0 Å². The van der Waals surface area contributed by atoms with Gasteiger partial charge >= 0.3 is 0 Å². The number of hydrogen-bond donors (Lipinski definition) is 9. The first kappa shape index (κ1) is 60.7. The summed E-state index contributed by atoms with van der Waals surface area (Å²) in [5, 5.41) is 26.4. The van der Waals surface area contributed by atoms with E-state index in [0.29, 0.717) is 37.4 Å². The third-order valence-electron chi connectivity index (χ3n) is 14.2. The van der Waals surface area contributed by atoms with Gasteiger partial charge in [-0.1, -0.05) is 166 Å². The topological polar surface area (TPSA) is 139 Å². The number of nitrogens with one attached hydrogen (secondary N) is 7. The second-order valence-electron chi connectivity index (χ2n) is 21.4. The Bertz CT molecular complexity index is 2090. The number of likely N-dealkylation sites (tertiary alicyclic amines) is 1. The maximum atomic E-state index is 6.63. The molecule has 1 heterocycles. The molecule has 10 heteroatoms. The van der Waals surface area contributed by atoms with Crippen LogP contribution < -0.4 is 48.7 Å². The average Bonchev–Trinajstić information content (AvgIpc) is 3.83. The standard InChI is InChI=1S/C62H100N10/c1-19-54(66-45(12)55(64)37-52-28-23-21-24-29-52)39-65-58(36-40(3)4)48(15)68-57(34-33-44(11)63)47(14)71-62(43(9)10)51(18)72-35-27-32-60(72)50(17)69-59(38-53-30-25-22-26-31-53)49(16)67-56(20-2)46(13)70-61(41(5)6)42(7)8/h22-23,25-26,28-31,42-43,54-62,65-71H,3,5,11-21,24,27,32-39,63-64H2,1-2,4,6-10H3. The molecule has 11 N–H and O–H groups in total. The predicted molar refractivity (Wildman–Crippen MR) is 313 cm³/mol. The second-order valence-corrected chi connectivity index (χ2v) is 21.4. The Labute approximate surface area is 439 Å². The Morgan fingerprint density at radius 3 is 1.88 bits per heavy atom. The molecular formula is C62H100N10. The molecule has 1 fully saturated rings. The molecule has 1 aliphatic heterocycles. The second kappa shape index (κ2) is 30.5. The number of benzene rings is 1. The van der Waals surface area contributed by atoms with Crippen LogP contribution in [0.2, 0.25) is 0 Å². The van der Waals surface area contributed by atoms with Gasteiger partial charge in [0.25, 0.3) is 0 Å². The molecule has 3 rings (SSSR count).